The van der Waals surface area contributed by atoms with Crippen LogP contribution in [-0.2, 0) is 20.9 Å². The number of anilines is 1. The molecule has 33 heavy (non-hydrogen) atoms. The summed E-state index contributed by atoms with van der Waals surface area (Å²) in [6.07, 6.45) is 0. The molecule has 3 aromatic rings. The normalized spacial score (nSPS) is 13.4. The Morgan fingerprint density at radius 2 is 1.64 bits per heavy atom. The van der Waals surface area contributed by atoms with E-state index in [0.29, 0.717) is 5.69 Å². The van der Waals surface area contributed by atoms with E-state index < -0.39 is 17.6 Å². The smallest absolute Gasteiger partial charge is 0.294 e. The quantitative estimate of drug-likeness (QED) is 0.576. The predicted octanol–water partition coefficient (Wildman–Crippen LogP) is 4.59. The summed E-state index contributed by atoms with van der Waals surface area (Å²) < 4.78 is 32.0. The first-order chi connectivity index (χ1) is 16.0. The van der Waals surface area contributed by atoms with Crippen LogP contribution in [0.25, 0.3) is 11.1 Å². The third-order valence-electron chi connectivity index (χ3n) is 5.29. The molecule has 0 spiro atoms. The van der Waals surface area contributed by atoms with Crippen LogP contribution >= 0.6 is 0 Å². The molecular formula is C26H22F2N2O3. The summed E-state index contributed by atoms with van der Waals surface area (Å²) in [7, 11) is 0. The van der Waals surface area contributed by atoms with E-state index in [0.717, 1.165) is 16.7 Å². The van der Waals surface area contributed by atoms with E-state index in [4.69, 9.17) is 4.74 Å². The van der Waals surface area contributed by atoms with Crippen molar-refractivity contribution in [1.29, 1.82) is 0 Å². The van der Waals surface area contributed by atoms with Crippen LogP contribution in [0.5, 0.6) is 0 Å². The zero-order valence-electron chi connectivity index (χ0n) is 18.0. The van der Waals surface area contributed by atoms with Crippen LogP contribution in [0.3, 0.4) is 0 Å². The highest BCUT2D eigenvalue weighted by Crippen LogP contribution is 2.27. The Bertz CT molecular complexity index is 1200. The second-order valence-electron chi connectivity index (χ2n) is 7.50. The maximum absolute atomic E-state index is 13.3. The minimum atomic E-state index is -0.438. The number of hydrogen-bond acceptors (Lipinski definition) is 3. The van der Waals surface area contributed by atoms with Gasteiger partial charge in [0.1, 0.15) is 11.6 Å². The second kappa shape index (κ2) is 9.65. The van der Waals surface area contributed by atoms with Crippen LogP contribution in [0.1, 0.15) is 12.5 Å². The van der Waals surface area contributed by atoms with Crippen LogP contribution in [0, 0.1) is 11.6 Å². The highest BCUT2D eigenvalue weighted by atomic mass is 19.1. The Labute approximate surface area is 190 Å². The summed E-state index contributed by atoms with van der Waals surface area (Å²) in [6, 6.07) is 19.2. The largest absolute Gasteiger partial charge is 0.488 e. The molecule has 4 rings (SSSR count). The topological polar surface area (TPSA) is 58.6 Å². The Morgan fingerprint density at radius 1 is 0.970 bits per heavy atom. The number of nitrogens with one attached hydrogen (secondary N) is 1. The zero-order chi connectivity index (χ0) is 23.4. The highest BCUT2D eigenvalue weighted by Gasteiger charge is 2.36. The molecule has 0 unspecified atom stereocenters. The number of benzene rings is 3. The van der Waals surface area contributed by atoms with Gasteiger partial charge in [0.15, 0.2) is 5.76 Å². The predicted molar refractivity (Wildman–Crippen MR) is 121 cm³/mol. The average Bonchev–Trinajstić information content (AvgIpc) is 3.15. The molecule has 2 amide bonds. The lowest BCUT2D eigenvalue weighted by Gasteiger charge is -2.16. The van der Waals surface area contributed by atoms with Gasteiger partial charge in [-0.3, -0.25) is 9.59 Å². The van der Waals surface area contributed by atoms with Crippen LogP contribution in [0.4, 0.5) is 14.5 Å². The summed E-state index contributed by atoms with van der Waals surface area (Å²) in [4.78, 5) is 27.2. The number of amides is 2. The summed E-state index contributed by atoms with van der Waals surface area (Å²) >= 11 is 0. The van der Waals surface area contributed by atoms with E-state index in [2.05, 4.69) is 5.32 Å². The van der Waals surface area contributed by atoms with Gasteiger partial charge < -0.3 is 15.0 Å². The van der Waals surface area contributed by atoms with E-state index >= 15 is 0 Å². The van der Waals surface area contributed by atoms with Gasteiger partial charge in [-0.05, 0) is 66.1 Å². The maximum Gasteiger partial charge on any atom is 0.294 e. The number of ether oxygens (including phenoxy) is 1. The zero-order valence-corrected chi connectivity index (χ0v) is 18.0. The summed E-state index contributed by atoms with van der Waals surface area (Å²) in [6.45, 7) is 2.23. The lowest BCUT2D eigenvalue weighted by atomic mass is 10.0. The molecule has 0 bridgehead atoms. The molecule has 1 N–H and O–H groups in total. The molecule has 3 aromatic carbocycles. The van der Waals surface area contributed by atoms with E-state index in [1.165, 1.54) is 41.3 Å². The monoisotopic (exact) mass is 448 g/mol. The number of hydrogen-bond donors (Lipinski definition) is 1. The number of carbonyl (C=O) groups is 2. The molecule has 0 aromatic heterocycles. The van der Waals surface area contributed by atoms with Crippen molar-refractivity contribution in [2.24, 2.45) is 0 Å². The van der Waals surface area contributed by atoms with Gasteiger partial charge in [0.05, 0.1) is 18.7 Å². The first-order valence-corrected chi connectivity index (χ1v) is 10.5. The van der Waals surface area contributed by atoms with Gasteiger partial charge in [-0.2, -0.15) is 0 Å². The highest BCUT2D eigenvalue weighted by molar-refractivity contribution is 6.15. The number of rotatable bonds is 7. The van der Waals surface area contributed by atoms with Crippen LogP contribution in [-0.4, -0.2) is 25.0 Å². The molecule has 7 heteroatoms. The van der Waals surface area contributed by atoms with Gasteiger partial charge in [-0.25, -0.2) is 8.78 Å². The van der Waals surface area contributed by atoms with Crippen molar-refractivity contribution >= 4 is 17.5 Å². The summed E-state index contributed by atoms with van der Waals surface area (Å²) in [5.74, 6) is -1.57. The fourth-order valence-corrected chi connectivity index (χ4v) is 3.64. The Morgan fingerprint density at radius 3 is 2.30 bits per heavy atom. The van der Waals surface area contributed by atoms with Crippen molar-refractivity contribution in [2.45, 2.75) is 13.5 Å². The van der Waals surface area contributed by atoms with E-state index in [1.807, 2.05) is 24.3 Å². The molecule has 1 aliphatic heterocycles. The van der Waals surface area contributed by atoms with Gasteiger partial charge in [0, 0.05) is 12.2 Å². The molecular weight excluding hydrogens is 426 g/mol. The van der Waals surface area contributed by atoms with Gasteiger partial charge in [0.2, 0.25) is 0 Å². The molecule has 1 heterocycles. The van der Waals surface area contributed by atoms with Crippen molar-refractivity contribution < 1.29 is 23.1 Å². The number of halogens is 2. The molecule has 0 saturated heterocycles. The first kappa shape index (κ1) is 22.2. The SMILES string of the molecule is CCOC1=C(C(=O)NCc2cccc(-c3ccc(F)cc3)c2)CN(c2ccc(F)cc2)C1=O. The van der Waals surface area contributed by atoms with Crippen LogP contribution in [0.2, 0.25) is 0 Å². The molecule has 0 aliphatic carbocycles. The molecule has 1 aliphatic rings. The Balaban J connectivity index is 1.49. The molecule has 0 atom stereocenters. The third kappa shape index (κ3) is 4.92. The van der Waals surface area contributed by atoms with Gasteiger partial charge >= 0.3 is 0 Å². The van der Waals surface area contributed by atoms with Gasteiger partial charge in [-0.15, -0.1) is 0 Å². The maximum atomic E-state index is 13.3. The number of nitrogens with zero attached hydrogens (tertiary/aromatic N) is 1. The molecule has 0 radical (unpaired) electrons. The summed E-state index contributed by atoms with van der Waals surface area (Å²) in [5.41, 5.74) is 3.31. The Kier molecular flexibility index (Phi) is 6.49. The van der Waals surface area contributed by atoms with E-state index in [1.54, 1.807) is 19.1 Å². The second-order valence-corrected chi connectivity index (χ2v) is 7.50. The third-order valence-corrected chi connectivity index (χ3v) is 5.29. The van der Waals surface area contributed by atoms with E-state index in [-0.39, 0.29) is 36.8 Å². The van der Waals surface area contributed by atoms with Gasteiger partial charge in [0.25, 0.3) is 11.8 Å². The first-order valence-electron chi connectivity index (χ1n) is 10.5. The molecule has 5 nitrogen and oxygen atoms in total. The van der Waals surface area contributed by atoms with Crippen molar-refractivity contribution in [3.05, 3.63) is 101 Å². The van der Waals surface area contributed by atoms with Crippen LogP contribution in [0.15, 0.2) is 84.1 Å². The standard InChI is InChI=1S/C26H22F2N2O3/c1-2-33-24-23(16-30(26(24)32)22-12-10-21(28)11-13-22)25(31)29-15-17-4-3-5-19(14-17)18-6-8-20(27)9-7-18/h3-14H,2,15-16H2,1H3,(H,29,31). The minimum Gasteiger partial charge on any atom is -0.488 e. The van der Waals surface area contributed by atoms with E-state index in [9.17, 15) is 18.4 Å². The Hall–Kier alpha value is -4.00. The fraction of sp³-hybridized carbons (Fsp3) is 0.154. The van der Waals surface area contributed by atoms with Gasteiger partial charge in [-0.1, -0.05) is 30.3 Å². The average molecular weight is 448 g/mol. The molecule has 0 fully saturated rings. The van der Waals surface area contributed by atoms with Crippen LogP contribution < -0.4 is 10.2 Å². The number of carbonyl (C=O) groups excluding carboxylic acids is 2. The lowest BCUT2D eigenvalue weighted by Crippen LogP contribution is -2.30. The molecule has 0 saturated carbocycles. The van der Waals surface area contributed by atoms with Crippen molar-refractivity contribution in [3.8, 4) is 11.1 Å². The van der Waals surface area contributed by atoms with Crippen molar-refractivity contribution in [2.75, 3.05) is 18.1 Å². The lowest BCUT2D eigenvalue weighted by molar-refractivity contribution is -0.119. The van der Waals surface area contributed by atoms with Crippen molar-refractivity contribution in [3.63, 3.8) is 0 Å². The fourth-order valence-electron chi connectivity index (χ4n) is 3.64. The minimum absolute atomic E-state index is 0.000567. The molecule has 168 valence electrons. The van der Waals surface area contributed by atoms with Crippen molar-refractivity contribution in [1.82, 2.24) is 5.32 Å². The summed E-state index contributed by atoms with van der Waals surface area (Å²) in [5, 5.41) is 2.84.